The van der Waals surface area contributed by atoms with Gasteiger partial charge in [0.1, 0.15) is 22.9 Å². The summed E-state index contributed by atoms with van der Waals surface area (Å²) >= 11 is 0. The molecule has 0 aliphatic heterocycles. The smallest absolute Gasteiger partial charge is 0.254 e. The van der Waals surface area contributed by atoms with E-state index in [4.69, 9.17) is 15.7 Å². The molecule has 0 aliphatic carbocycles. The molecule has 206 valence electrons. The number of rotatable bonds is 7. The van der Waals surface area contributed by atoms with E-state index >= 15 is 0 Å². The topological polar surface area (TPSA) is 136 Å². The molecule has 6 aromatic rings. The molecular formula is C32H23FN6O3. The molecule has 0 spiro atoms. The fourth-order valence-corrected chi connectivity index (χ4v) is 4.67. The number of nitrogens with zero attached hydrogens (tertiary/aromatic N) is 4. The second-order valence-corrected chi connectivity index (χ2v) is 9.44. The van der Waals surface area contributed by atoms with Crippen molar-refractivity contribution < 1.29 is 19.1 Å². The van der Waals surface area contributed by atoms with Crippen LogP contribution in [0.15, 0.2) is 97.2 Å². The fraction of sp³-hybridized carbons (Fsp3) is 0.0312. The third-order valence-electron chi connectivity index (χ3n) is 6.82. The SMILES string of the molecule is Nc1ncccc1-c1nc2ccc(-c3ccccc3)nc2n1-c1ccc(CNC(=O)c2ccc(O)c(C=O)c2F)cc1. The van der Waals surface area contributed by atoms with Gasteiger partial charge in [0.15, 0.2) is 17.8 Å². The molecule has 0 atom stereocenters. The van der Waals surface area contributed by atoms with Crippen LogP contribution in [0.1, 0.15) is 26.3 Å². The number of nitrogen functional groups attached to an aromatic ring is 1. The van der Waals surface area contributed by atoms with Crippen LogP contribution in [-0.4, -0.2) is 36.8 Å². The van der Waals surface area contributed by atoms with Gasteiger partial charge in [0, 0.05) is 24.0 Å². The number of amides is 1. The zero-order chi connectivity index (χ0) is 29.2. The summed E-state index contributed by atoms with van der Waals surface area (Å²) in [6.07, 6.45) is 1.79. The predicted octanol–water partition coefficient (Wildman–Crippen LogP) is 5.32. The van der Waals surface area contributed by atoms with Gasteiger partial charge in [-0.25, -0.2) is 19.3 Å². The normalized spacial score (nSPS) is 11.0. The predicted molar refractivity (Wildman–Crippen MR) is 157 cm³/mol. The van der Waals surface area contributed by atoms with E-state index in [1.54, 1.807) is 12.3 Å². The quantitative estimate of drug-likeness (QED) is 0.226. The molecule has 0 aliphatic rings. The Morgan fingerprint density at radius 2 is 1.74 bits per heavy atom. The van der Waals surface area contributed by atoms with Crippen LogP contribution in [0.3, 0.4) is 0 Å². The molecular weight excluding hydrogens is 535 g/mol. The van der Waals surface area contributed by atoms with Crippen LogP contribution < -0.4 is 11.1 Å². The van der Waals surface area contributed by atoms with E-state index in [1.807, 2.05) is 77.4 Å². The number of fused-ring (bicyclic) bond motifs is 1. The Morgan fingerprint density at radius 1 is 0.952 bits per heavy atom. The maximum Gasteiger partial charge on any atom is 0.254 e. The lowest BCUT2D eigenvalue weighted by atomic mass is 10.1. The Hall–Kier alpha value is -5.90. The molecule has 10 heteroatoms. The van der Waals surface area contributed by atoms with Gasteiger partial charge in [-0.3, -0.25) is 14.2 Å². The first-order valence-corrected chi connectivity index (χ1v) is 12.9. The zero-order valence-electron chi connectivity index (χ0n) is 22.0. The molecule has 4 N–H and O–H groups in total. The molecule has 0 unspecified atom stereocenters. The molecule has 3 aromatic carbocycles. The highest BCUT2D eigenvalue weighted by Crippen LogP contribution is 2.32. The summed E-state index contributed by atoms with van der Waals surface area (Å²) in [5, 5.41) is 12.3. The fourth-order valence-electron chi connectivity index (χ4n) is 4.67. The minimum atomic E-state index is -1.07. The molecule has 0 saturated heterocycles. The van der Waals surface area contributed by atoms with Gasteiger partial charge in [-0.2, -0.15) is 0 Å². The number of aromatic hydroxyl groups is 1. The summed E-state index contributed by atoms with van der Waals surface area (Å²) in [6.45, 7) is 0.0966. The Kier molecular flexibility index (Phi) is 6.85. The summed E-state index contributed by atoms with van der Waals surface area (Å²) in [7, 11) is 0. The number of anilines is 1. The summed E-state index contributed by atoms with van der Waals surface area (Å²) in [6, 6.07) is 26.9. The van der Waals surface area contributed by atoms with Crippen molar-refractivity contribution in [1.29, 1.82) is 0 Å². The molecule has 1 amide bonds. The molecule has 42 heavy (non-hydrogen) atoms. The molecule has 6 rings (SSSR count). The first-order valence-electron chi connectivity index (χ1n) is 12.9. The highest BCUT2D eigenvalue weighted by Gasteiger charge is 2.20. The van der Waals surface area contributed by atoms with Crippen molar-refractivity contribution in [3.63, 3.8) is 0 Å². The standard InChI is InChI=1S/C32H23FN6O3/c33-28-22(12-15-27(41)24(28)18-40)32(42)36-17-19-8-10-21(11-9-19)39-30(23-7-4-16-35-29(23)34)38-26-14-13-25(37-31(26)39)20-5-2-1-3-6-20/h1-16,18,41H,17H2,(H2,34,35)(H,36,42). The lowest BCUT2D eigenvalue weighted by Crippen LogP contribution is -2.24. The van der Waals surface area contributed by atoms with Crippen molar-refractivity contribution in [2.45, 2.75) is 6.54 Å². The number of benzene rings is 3. The van der Waals surface area contributed by atoms with Gasteiger partial charge in [-0.05, 0) is 54.1 Å². The van der Waals surface area contributed by atoms with E-state index < -0.39 is 23.0 Å². The highest BCUT2D eigenvalue weighted by atomic mass is 19.1. The number of aromatic nitrogens is 4. The number of pyridine rings is 2. The zero-order valence-corrected chi connectivity index (χ0v) is 22.0. The number of nitrogens with two attached hydrogens (primary N) is 1. The van der Waals surface area contributed by atoms with Crippen molar-refractivity contribution in [2.24, 2.45) is 0 Å². The van der Waals surface area contributed by atoms with Crippen LogP contribution in [0.4, 0.5) is 10.2 Å². The van der Waals surface area contributed by atoms with Crippen molar-refractivity contribution in [1.82, 2.24) is 24.8 Å². The Morgan fingerprint density at radius 3 is 2.48 bits per heavy atom. The summed E-state index contributed by atoms with van der Waals surface area (Å²) in [5.74, 6) is -1.42. The van der Waals surface area contributed by atoms with Gasteiger partial charge in [-0.15, -0.1) is 0 Å². The van der Waals surface area contributed by atoms with Gasteiger partial charge in [-0.1, -0.05) is 42.5 Å². The first-order chi connectivity index (χ1) is 20.4. The largest absolute Gasteiger partial charge is 0.507 e. The average molecular weight is 559 g/mol. The van der Waals surface area contributed by atoms with Gasteiger partial charge in [0.05, 0.1) is 22.4 Å². The monoisotopic (exact) mass is 558 g/mol. The number of aldehydes is 1. The van der Waals surface area contributed by atoms with Gasteiger partial charge in [0.2, 0.25) is 0 Å². The Bertz CT molecular complexity index is 1960. The molecule has 0 fully saturated rings. The number of imidazole rings is 1. The van der Waals surface area contributed by atoms with E-state index in [0.29, 0.717) is 28.4 Å². The second-order valence-electron chi connectivity index (χ2n) is 9.44. The van der Waals surface area contributed by atoms with Crippen LogP contribution >= 0.6 is 0 Å². The van der Waals surface area contributed by atoms with Crippen LogP contribution in [0.2, 0.25) is 0 Å². The molecule has 0 bridgehead atoms. The van der Waals surface area contributed by atoms with E-state index in [2.05, 4.69) is 10.3 Å². The third kappa shape index (κ3) is 4.81. The number of carbonyl (C=O) groups is 2. The lowest BCUT2D eigenvalue weighted by Gasteiger charge is -2.12. The van der Waals surface area contributed by atoms with Crippen molar-refractivity contribution in [3.8, 4) is 34.1 Å². The molecule has 9 nitrogen and oxygen atoms in total. The Labute approximate surface area is 239 Å². The number of nitrogens with one attached hydrogen (secondary N) is 1. The molecule has 3 heterocycles. The van der Waals surface area contributed by atoms with E-state index in [-0.39, 0.29) is 18.4 Å². The Balaban J connectivity index is 1.35. The van der Waals surface area contributed by atoms with Gasteiger partial charge >= 0.3 is 0 Å². The number of phenols is 1. The minimum absolute atomic E-state index is 0.0966. The summed E-state index contributed by atoms with van der Waals surface area (Å²) in [5.41, 5.74) is 10.5. The number of phenolic OH excluding ortho intramolecular Hbond substituents is 1. The van der Waals surface area contributed by atoms with Crippen LogP contribution in [0, 0.1) is 5.82 Å². The van der Waals surface area contributed by atoms with Crippen molar-refractivity contribution >= 4 is 29.2 Å². The molecule has 0 radical (unpaired) electrons. The lowest BCUT2D eigenvalue weighted by molar-refractivity contribution is 0.0946. The van der Waals surface area contributed by atoms with E-state index in [0.717, 1.165) is 34.6 Å². The summed E-state index contributed by atoms with van der Waals surface area (Å²) in [4.78, 5) is 37.7. The summed E-state index contributed by atoms with van der Waals surface area (Å²) < 4.78 is 16.4. The van der Waals surface area contributed by atoms with Crippen molar-refractivity contribution in [3.05, 3.63) is 120 Å². The first kappa shape index (κ1) is 26.3. The molecule has 3 aromatic heterocycles. The number of carbonyl (C=O) groups excluding carboxylic acids is 2. The number of halogens is 1. The van der Waals surface area contributed by atoms with Crippen LogP contribution in [0.25, 0.3) is 39.5 Å². The number of hydrogen-bond donors (Lipinski definition) is 3. The van der Waals surface area contributed by atoms with E-state index in [1.165, 1.54) is 0 Å². The van der Waals surface area contributed by atoms with Gasteiger partial charge in [0.25, 0.3) is 5.91 Å². The second kappa shape index (κ2) is 10.9. The maximum absolute atomic E-state index is 14.5. The average Bonchev–Trinajstić information content (AvgIpc) is 3.39. The third-order valence-corrected chi connectivity index (χ3v) is 6.82. The highest BCUT2D eigenvalue weighted by molar-refractivity contribution is 5.97. The number of hydrogen-bond acceptors (Lipinski definition) is 7. The minimum Gasteiger partial charge on any atom is -0.507 e. The van der Waals surface area contributed by atoms with E-state index in [9.17, 15) is 19.1 Å². The maximum atomic E-state index is 14.5. The molecule has 0 saturated carbocycles. The van der Waals surface area contributed by atoms with Crippen LogP contribution in [0.5, 0.6) is 5.75 Å². The van der Waals surface area contributed by atoms with Crippen LogP contribution in [-0.2, 0) is 6.54 Å². The van der Waals surface area contributed by atoms with Crippen molar-refractivity contribution in [2.75, 3.05) is 5.73 Å². The van der Waals surface area contributed by atoms with Gasteiger partial charge < -0.3 is 16.2 Å².